The molecule has 6 heteroatoms. The number of hydrogen-bond acceptors (Lipinski definition) is 5. The molecule has 5 nitrogen and oxygen atoms in total. The molecule has 0 aliphatic carbocycles. The van der Waals surface area contributed by atoms with Crippen molar-refractivity contribution in [1.29, 1.82) is 0 Å². The third kappa shape index (κ3) is 2.94. The summed E-state index contributed by atoms with van der Waals surface area (Å²) in [5.41, 5.74) is 7.68. The summed E-state index contributed by atoms with van der Waals surface area (Å²) in [4.78, 5) is 4.63. The van der Waals surface area contributed by atoms with E-state index in [4.69, 9.17) is 5.73 Å². The van der Waals surface area contributed by atoms with E-state index in [1.165, 1.54) is 0 Å². The Kier molecular flexibility index (Phi) is 3.49. The molecule has 0 aromatic carbocycles. The maximum atomic E-state index is 5.75. The maximum absolute atomic E-state index is 5.75. The van der Waals surface area contributed by atoms with Crippen LogP contribution < -0.4 is 5.73 Å². The first-order valence-corrected chi connectivity index (χ1v) is 6.84. The average molecular weight is 265 g/mol. The van der Waals surface area contributed by atoms with Crippen molar-refractivity contribution in [3.63, 3.8) is 0 Å². The van der Waals surface area contributed by atoms with E-state index >= 15 is 0 Å². The highest BCUT2D eigenvalue weighted by Gasteiger charge is 2.18. The second kappa shape index (κ2) is 4.78. The number of rotatable bonds is 3. The van der Waals surface area contributed by atoms with E-state index in [0.29, 0.717) is 6.54 Å². The lowest BCUT2D eigenvalue weighted by Crippen LogP contribution is -2.11. The summed E-state index contributed by atoms with van der Waals surface area (Å²) < 4.78 is 1.78. The Bertz CT molecular complexity index is 521. The molecule has 18 heavy (non-hydrogen) atoms. The van der Waals surface area contributed by atoms with Crippen LogP contribution in [0.1, 0.15) is 50.1 Å². The topological polar surface area (TPSA) is 69.6 Å². The zero-order valence-corrected chi connectivity index (χ0v) is 12.0. The molecule has 2 rings (SSSR count). The van der Waals surface area contributed by atoms with Crippen LogP contribution in [0.25, 0.3) is 0 Å². The lowest BCUT2D eigenvalue weighted by molar-refractivity contribution is 0.577. The van der Waals surface area contributed by atoms with Crippen molar-refractivity contribution in [3.8, 4) is 0 Å². The first kappa shape index (κ1) is 13.2. The van der Waals surface area contributed by atoms with Gasteiger partial charge in [0.25, 0.3) is 0 Å². The lowest BCUT2D eigenvalue weighted by atomic mass is 9.98. The first-order valence-electron chi connectivity index (χ1n) is 5.97. The highest BCUT2D eigenvalue weighted by atomic mass is 32.1. The Morgan fingerprint density at radius 3 is 2.67 bits per heavy atom. The minimum Gasteiger partial charge on any atom is -0.323 e. The molecule has 0 fully saturated rings. The van der Waals surface area contributed by atoms with E-state index < -0.39 is 0 Å². The van der Waals surface area contributed by atoms with Crippen molar-refractivity contribution in [1.82, 2.24) is 20.0 Å². The third-order valence-corrected chi connectivity index (χ3v) is 3.86. The Balaban J connectivity index is 2.11. The van der Waals surface area contributed by atoms with E-state index in [-0.39, 0.29) is 11.5 Å². The molecule has 1 unspecified atom stereocenters. The molecule has 2 N–H and O–H groups in total. The molecule has 2 aromatic rings. The van der Waals surface area contributed by atoms with Crippen molar-refractivity contribution >= 4 is 11.3 Å². The second-order valence-electron chi connectivity index (χ2n) is 5.52. The van der Waals surface area contributed by atoms with Crippen molar-refractivity contribution in [2.24, 2.45) is 5.73 Å². The van der Waals surface area contributed by atoms with Crippen LogP contribution in [0.4, 0.5) is 0 Å². The van der Waals surface area contributed by atoms with Gasteiger partial charge in [-0.25, -0.2) is 9.67 Å². The molecule has 98 valence electrons. The predicted molar refractivity (Wildman–Crippen MR) is 72.5 cm³/mol. The monoisotopic (exact) mass is 265 g/mol. The Labute approximate surface area is 111 Å². The predicted octanol–water partition coefficient (Wildman–Crippen LogP) is 2.10. The van der Waals surface area contributed by atoms with Gasteiger partial charge in [-0.15, -0.1) is 16.4 Å². The maximum Gasteiger partial charge on any atom is 0.0991 e. The summed E-state index contributed by atoms with van der Waals surface area (Å²) in [6, 6.07) is -0.0840. The van der Waals surface area contributed by atoms with Gasteiger partial charge in [0.15, 0.2) is 0 Å². The fourth-order valence-corrected chi connectivity index (χ4v) is 2.39. The van der Waals surface area contributed by atoms with Crippen LogP contribution in [0.3, 0.4) is 0 Å². The van der Waals surface area contributed by atoms with Gasteiger partial charge >= 0.3 is 0 Å². The molecule has 0 aliphatic rings. The van der Waals surface area contributed by atoms with Crippen LogP contribution in [-0.2, 0) is 12.0 Å². The van der Waals surface area contributed by atoms with E-state index in [2.05, 4.69) is 41.4 Å². The number of aromatic nitrogens is 4. The molecular formula is C12H19N5S. The fraction of sp³-hybridized carbons (Fsp3) is 0.583. The van der Waals surface area contributed by atoms with Gasteiger partial charge in [0.2, 0.25) is 0 Å². The summed E-state index contributed by atoms with van der Waals surface area (Å²) in [5.74, 6) is 0. The average Bonchev–Trinajstić information content (AvgIpc) is 2.85. The summed E-state index contributed by atoms with van der Waals surface area (Å²) in [6.45, 7) is 9.04. The lowest BCUT2D eigenvalue weighted by Gasteiger charge is -2.13. The second-order valence-corrected chi connectivity index (χ2v) is 6.38. The summed E-state index contributed by atoms with van der Waals surface area (Å²) in [7, 11) is 0. The van der Waals surface area contributed by atoms with Crippen molar-refractivity contribution in [2.45, 2.75) is 45.7 Å². The van der Waals surface area contributed by atoms with Crippen LogP contribution in [-0.4, -0.2) is 20.0 Å². The molecule has 2 aromatic heterocycles. The molecule has 0 spiro atoms. The highest BCUT2D eigenvalue weighted by Crippen LogP contribution is 2.25. The number of nitrogens with zero attached hydrogens (tertiary/aromatic N) is 4. The van der Waals surface area contributed by atoms with Crippen molar-refractivity contribution in [2.75, 3.05) is 0 Å². The molecule has 0 saturated heterocycles. The van der Waals surface area contributed by atoms with Gasteiger partial charge in [0, 0.05) is 16.8 Å². The molecule has 0 aliphatic heterocycles. The normalized spacial score (nSPS) is 13.8. The van der Waals surface area contributed by atoms with Gasteiger partial charge in [0.1, 0.15) is 0 Å². The largest absolute Gasteiger partial charge is 0.323 e. The van der Waals surface area contributed by atoms with E-state index in [0.717, 1.165) is 16.4 Å². The first-order chi connectivity index (χ1) is 8.36. The molecule has 0 amide bonds. The van der Waals surface area contributed by atoms with E-state index in [9.17, 15) is 0 Å². The molecule has 1 atom stereocenters. The van der Waals surface area contributed by atoms with Crippen molar-refractivity contribution in [3.05, 3.63) is 28.0 Å². The molecule has 0 bridgehead atoms. The van der Waals surface area contributed by atoms with E-state index in [1.807, 2.05) is 13.1 Å². The van der Waals surface area contributed by atoms with Gasteiger partial charge in [-0.1, -0.05) is 26.0 Å². The minimum atomic E-state index is -0.0840. The Hall–Kier alpha value is -1.27. The van der Waals surface area contributed by atoms with Gasteiger partial charge in [-0.3, -0.25) is 0 Å². The van der Waals surface area contributed by atoms with Crippen LogP contribution in [0.15, 0.2) is 11.6 Å². The third-order valence-electron chi connectivity index (χ3n) is 2.54. The SMILES string of the molecule is CC(N)c1cn(Cc2csc(C(C)(C)C)n2)nn1. The van der Waals surface area contributed by atoms with Gasteiger partial charge in [0.05, 0.1) is 29.1 Å². The molecule has 2 heterocycles. The summed E-state index contributed by atoms with van der Waals surface area (Å²) in [5, 5.41) is 11.3. The van der Waals surface area contributed by atoms with Crippen LogP contribution in [0.5, 0.6) is 0 Å². The molecule has 0 saturated carbocycles. The van der Waals surface area contributed by atoms with E-state index in [1.54, 1.807) is 16.0 Å². The smallest absolute Gasteiger partial charge is 0.0991 e. The van der Waals surface area contributed by atoms with Crippen LogP contribution in [0.2, 0.25) is 0 Å². The molecular weight excluding hydrogens is 246 g/mol. The highest BCUT2D eigenvalue weighted by molar-refractivity contribution is 7.09. The van der Waals surface area contributed by atoms with Gasteiger partial charge in [-0.05, 0) is 6.92 Å². The van der Waals surface area contributed by atoms with Crippen molar-refractivity contribution < 1.29 is 0 Å². The fourth-order valence-electron chi connectivity index (χ4n) is 1.49. The zero-order valence-electron chi connectivity index (χ0n) is 11.2. The van der Waals surface area contributed by atoms with Gasteiger partial charge < -0.3 is 5.73 Å². The zero-order chi connectivity index (χ0) is 13.3. The quantitative estimate of drug-likeness (QED) is 0.922. The standard InChI is InChI=1S/C12H19N5S/c1-8(13)10-6-17(16-15-10)5-9-7-18-11(14-9)12(2,3)4/h6-8H,5,13H2,1-4H3. The van der Waals surface area contributed by atoms with Crippen LogP contribution in [0, 0.1) is 0 Å². The van der Waals surface area contributed by atoms with Crippen LogP contribution >= 0.6 is 11.3 Å². The Morgan fingerprint density at radius 1 is 1.44 bits per heavy atom. The Morgan fingerprint density at radius 2 is 2.17 bits per heavy atom. The number of thiazole rings is 1. The number of hydrogen-bond donors (Lipinski definition) is 1. The minimum absolute atomic E-state index is 0.0840. The summed E-state index contributed by atoms with van der Waals surface area (Å²) in [6.07, 6.45) is 1.88. The summed E-state index contributed by atoms with van der Waals surface area (Å²) >= 11 is 1.69. The molecule has 0 radical (unpaired) electrons. The number of nitrogens with two attached hydrogens (primary N) is 1. The van der Waals surface area contributed by atoms with Gasteiger partial charge in [-0.2, -0.15) is 0 Å².